The lowest BCUT2D eigenvalue weighted by molar-refractivity contribution is -0.117. The van der Waals surface area contributed by atoms with Crippen molar-refractivity contribution in [1.29, 1.82) is 0 Å². The van der Waals surface area contributed by atoms with Gasteiger partial charge in [0.05, 0.1) is 11.4 Å². The number of carbonyl (C=O) groups is 2. The van der Waals surface area contributed by atoms with E-state index in [0.29, 0.717) is 30.2 Å². The number of halogens is 1. The van der Waals surface area contributed by atoms with E-state index in [2.05, 4.69) is 10.3 Å². The number of anilines is 2. The first-order valence-corrected chi connectivity index (χ1v) is 10.1. The second kappa shape index (κ2) is 8.12. The number of hydrogen-bond donors (Lipinski definition) is 1. The molecule has 0 unspecified atom stereocenters. The zero-order valence-corrected chi connectivity index (χ0v) is 16.5. The van der Waals surface area contributed by atoms with Gasteiger partial charge in [0.15, 0.2) is 10.9 Å². The Bertz CT molecular complexity index is 1060. The molecular formula is C20H19FN4O3S. The highest BCUT2D eigenvalue weighted by molar-refractivity contribution is 7.98. The minimum atomic E-state index is -0.551. The van der Waals surface area contributed by atoms with Crippen LogP contribution in [0.5, 0.6) is 0 Å². The molecule has 3 heterocycles. The highest BCUT2D eigenvalue weighted by Crippen LogP contribution is 2.27. The Morgan fingerprint density at radius 2 is 2.21 bits per heavy atom. The van der Waals surface area contributed by atoms with Gasteiger partial charge in [-0.1, -0.05) is 11.8 Å². The van der Waals surface area contributed by atoms with Crippen molar-refractivity contribution in [2.45, 2.75) is 23.8 Å². The number of imidazole rings is 1. The maximum absolute atomic E-state index is 14.4. The summed E-state index contributed by atoms with van der Waals surface area (Å²) in [6, 6.07) is 7.60. The van der Waals surface area contributed by atoms with Gasteiger partial charge in [-0.15, -0.1) is 0 Å². The Balaban J connectivity index is 1.39. The number of thioether (sulfide) groups is 1. The largest absolute Gasteiger partial charge is 0.455 e. The van der Waals surface area contributed by atoms with E-state index in [1.54, 1.807) is 24.4 Å². The molecule has 0 saturated carbocycles. The fourth-order valence-electron chi connectivity index (χ4n) is 3.10. The van der Waals surface area contributed by atoms with Gasteiger partial charge in [0.25, 0.3) is 5.91 Å². The fraction of sp³-hybridized carbons (Fsp3) is 0.250. The van der Waals surface area contributed by atoms with Crippen molar-refractivity contribution in [2.75, 3.05) is 16.8 Å². The zero-order chi connectivity index (χ0) is 20.4. The summed E-state index contributed by atoms with van der Waals surface area (Å²) in [4.78, 5) is 29.8. The van der Waals surface area contributed by atoms with Crippen LogP contribution in [0, 0.1) is 5.82 Å². The molecule has 0 atom stereocenters. The molecule has 0 bridgehead atoms. The number of aryl methyl sites for hydroxylation is 1. The van der Waals surface area contributed by atoms with E-state index in [4.69, 9.17) is 4.42 Å². The molecule has 0 aliphatic carbocycles. The van der Waals surface area contributed by atoms with Crippen molar-refractivity contribution >= 4 is 35.0 Å². The average Bonchev–Trinajstić information content (AvgIpc) is 3.42. The summed E-state index contributed by atoms with van der Waals surface area (Å²) in [6.07, 6.45) is 4.72. The van der Waals surface area contributed by atoms with Crippen molar-refractivity contribution in [1.82, 2.24) is 9.55 Å². The molecule has 0 spiro atoms. The third-order valence-electron chi connectivity index (χ3n) is 4.58. The van der Waals surface area contributed by atoms with Gasteiger partial charge in [0, 0.05) is 38.1 Å². The first kappa shape index (κ1) is 19.3. The second-order valence-electron chi connectivity index (χ2n) is 6.64. The van der Waals surface area contributed by atoms with Crippen LogP contribution >= 0.6 is 11.8 Å². The quantitative estimate of drug-likeness (QED) is 0.620. The smallest absolute Gasteiger partial charge is 0.291 e. The van der Waals surface area contributed by atoms with E-state index in [1.807, 2.05) is 17.8 Å². The molecule has 9 heteroatoms. The number of amides is 2. The monoisotopic (exact) mass is 414 g/mol. The molecule has 2 amide bonds. The highest BCUT2D eigenvalue weighted by Gasteiger charge is 2.24. The van der Waals surface area contributed by atoms with Crippen LogP contribution in [0.15, 0.2) is 52.3 Å². The van der Waals surface area contributed by atoms with Crippen LogP contribution < -0.4 is 10.2 Å². The number of aromatic nitrogens is 2. The molecule has 7 nitrogen and oxygen atoms in total. The Kier molecular flexibility index (Phi) is 5.39. The Hall–Kier alpha value is -3.07. The number of nitrogens with one attached hydrogen (secondary N) is 1. The summed E-state index contributed by atoms with van der Waals surface area (Å²) in [5.74, 6) is 0.196. The summed E-state index contributed by atoms with van der Waals surface area (Å²) in [6.45, 7) is 0.507. The van der Waals surface area contributed by atoms with Gasteiger partial charge >= 0.3 is 0 Å². The maximum Gasteiger partial charge on any atom is 0.291 e. The molecular weight excluding hydrogens is 395 g/mol. The van der Waals surface area contributed by atoms with E-state index in [9.17, 15) is 14.0 Å². The highest BCUT2D eigenvalue weighted by atomic mass is 32.2. The molecule has 0 radical (unpaired) electrons. The summed E-state index contributed by atoms with van der Waals surface area (Å²) < 4.78 is 21.9. The normalized spacial score (nSPS) is 13.9. The van der Waals surface area contributed by atoms with E-state index >= 15 is 0 Å². The van der Waals surface area contributed by atoms with E-state index in [0.717, 1.165) is 11.6 Å². The summed E-state index contributed by atoms with van der Waals surface area (Å²) in [5, 5.41) is 3.47. The minimum Gasteiger partial charge on any atom is -0.455 e. The van der Waals surface area contributed by atoms with Gasteiger partial charge in [-0.2, -0.15) is 0 Å². The van der Waals surface area contributed by atoms with Crippen LogP contribution in [-0.4, -0.2) is 27.9 Å². The molecule has 3 aromatic rings. The van der Waals surface area contributed by atoms with Crippen molar-refractivity contribution in [2.24, 2.45) is 7.05 Å². The maximum atomic E-state index is 14.4. The van der Waals surface area contributed by atoms with Crippen LogP contribution in [0.1, 0.15) is 29.2 Å². The summed E-state index contributed by atoms with van der Waals surface area (Å²) in [5.41, 5.74) is 0.528. The van der Waals surface area contributed by atoms with E-state index in [1.165, 1.54) is 28.8 Å². The first-order chi connectivity index (χ1) is 14.0. The van der Waals surface area contributed by atoms with Crippen LogP contribution in [0.2, 0.25) is 0 Å². The zero-order valence-electron chi connectivity index (χ0n) is 15.7. The average molecular weight is 414 g/mol. The first-order valence-electron chi connectivity index (χ1n) is 9.11. The van der Waals surface area contributed by atoms with Crippen molar-refractivity contribution in [3.8, 4) is 0 Å². The van der Waals surface area contributed by atoms with Gasteiger partial charge in [-0.25, -0.2) is 9.37 Å². The number of hydrogen-bond acceptors (Lipinski definition) is 5. The Morgan fingerprint density at radius 3 is 2.90 bits per heavy atom. The minimum absolute atomic E-state index is 0.0905. The number of furan rings is 1. The molecule has 29 heavy (non-hydrogen) atoms. The Labute approximate surface area is 170 Å². The standard InChI is InChI=1S/C20H19FN4O3S/c1-24-10-8-22-20(24)29-12-14-5-7-17(28-14)19(27)23-13-4-6-16(15(21)11-13)25-9-2-3-18(25)26/h4-8,10-11H,2-3,9,12H2,1H3,(H,23,27). The molecule has 1 aliphatic heterocycles. The van der Waals surface area contributed by atoms with Gasteiger partial charge in [0.2, 0.25) is 5.91 Å². The van der Waals surface area contributed by atoms with E-state index in [-0.39, 0.29) is 17.4 Å². The number of carbonyl (C=O) groups excluding carboxylic acids is 2. The van der Waals surface area contributed by atoms with Crippen LogP contribution in [0.25, 0.3) is 0 Å². The lowest BCUT2D eigenvalue weighted by Gasteiger charge is -2.17. The SMILES string of the molecule is Cn1ccnc1SCc1ccc(C(=O)Nc2ccc(N3CCCC3=O)c(F)c2)o1. The molecule has 1 saturated heterocycles. The predicted molar refractivity (Wildman–Crippen MR) is 107 cm³/mol. The molecule has 2 aromatic heterocycles. The lowest BCUT2D eigenvalue weighted by atomic mass is 10.2. The van der Waals surface area contributed by atoms with Gasteiger partial charge in [-0.3, -0.25) is 9.59 Å². The summed E-state index contributed by atoms with van der Waals surface area (Å²) >= 11 is 1.50. The van der Waals surface area contributed by atoms with Crippen molar-refractivity contribution in [3.63, 3.8) is 0 Å². The van der Waals surface area contributed by atoms with Gasteiger partial charge < -0.3 is 19.2 Å². The molecule has 4 rings (SSSR count). The van der Waals surface area contributed by atoms with Crippen LogP contribution in [0.4, 0.5) is 15.8 Å². The van der Waals surface area contributed by atoms with Crippen LogP contribution in [-0.2, 0) is 17.6 Å². The third-order valence-corrected chi connectivity index (χ3v) is 5.66. The molecule has 1 fully saturated rings. The molecule has 1 aromatic carbocycles. The topological polar surface area (TPSA) is 80.4 Å². The fourth-order valence-corrected chi connectivity index (χ4v) is 3.93. The van der Waals surface area contributed by atoms with E-state index < -0.39 is 11.7 Å². The van der Waals surface area contributed by atoms with Crippen LogP contribution in [0.3, 0.4) is 0 Å². The molecule has 150 valence electrons. The number of rotatable bonds is 6. The Morgan fingerprint density at radius 1 is 1.34 bits per heavy atom. The van der Waals surface area contributed by atoms with Gasteiger partial charge in [-0.05, 0) is 36.8 Å². The van der Waals surface area contributed by atoms with Crippen molar-refractivity contribution in [3.05, 3.63) is 60.1 Å². The predicted octanol–water partition coefficient (Wildman–Crippen LogP) is 3.82. The third kappa shape index (κ3) is 4.19. The number of benzene rings is 1. The number of nitrogens with zero attached hydrogens (tertiary/aromatic N) is 3. The molecule has 1 N–H and O–H groups in total. The van der Waals surface area contributed by atoms with Crippen molar-refractivity contribution < 1.29 is 18.4 Å². The second-order valence-corrected chi connectivity index (χ2v) is 7.59. The van der Waals surface area contributed by atoms with Gasteiger partial charge in [0.1, 0.15) is 11.6 Å². The molecule has 1 aliphatic rings. The lowest BCUT2D eigenvalue weighted by Crippen LogP contribution is -2.24. The summed E-state index contributed by atoms with van der Waals surface area (Å²) in [7, 11) is 1.90.